The van der Waals surface area contributed by atoms with E-state index in [1.807, 2.05) is 30.7 Å². The van der Waals surface area contributed by atoms with Crippen LogP contribution in [-0.4, -0.2) is 7.05 Å². The number of thiophene rings is 1. The highest BCUT2D eigenvalue weighted by atomic mass is 32.1. The van der Waals surface area contributed by atoms with Crippen molar-refractivity contribution in [3.05, 3.63) is 94.8 Å². The Hall–Kier alpha value is -2.26. The summed E-state index contributed by atoms with van der Waals surface area (Å²) in [6.45, 7) is 23.8. The Morgan fingerprint density at radius 2 is 1.91 bits per heavy atom. The molecule has 1 N–H and O–H groups in total. The van der Waals surface area contributed by atoms with Gasteiger partial charge in [0.1, 0.15) is 5.76 Å². The van der Waals surface area contributed by atoms with Crippen LogP contribution in [0.15, 0.2) is 85.0 Å². The van der Waals surface area contributed by atoms with Crippen molar-refractivity contribution in [1.29, 1.82) is 0 Å². The Balaban J connectivity index is 3.23. The number of nitrogens with one attached hydrogen (secondary N) is 1. The minimum atomic E-state index is -0.00314. The van der Waals surface area contributed by atoms with Gasteiger partial charge in [-0.25, -0.2) is 0 Å². The van der Waals surface area contributed by atoms with Gasteiger partial charge in [0, 0.05) is 22.7 Å². The molecular weight excluding hydrogens is 446 g/mol. The summed E-state index contributed by atoms with van der Waals surface area (Å²) in [7, 11) is 1.92. The molecule has 0 aliphatic rings. The molecule has 1 rings (SSSR count). The first-order valence-electron chi connectivity index (χ1n) is 13.2. The largest absolute Gasteiger partial charge is 0.470 e. The average molecular weight is 496 g/mol. The summed E-state index contributed by atoms with van der Waals surface area (Å²) < 4.78 is 5.86. The summed E-state index contributed by atoms with van der Waals surface area (Å²) in [4.78, 5) is 2.95. The molecule has 0 aliphatic heterocycles. The van der Waals surface area contributed by atoms with Crippen molar-refractivity contribution >= 4 is 11.3 Å². The first-order valence-corrected chi connectivity index (χ1v) is 14.0. The fourth-order valence-corrected chi connectivity index (χ4v) is 5.71. The normalized spacial score (nSPS) is 15.3. The van der Waals surface area contributed by atoms with Crippen molar-refractivity contribution in [1.82, 2.24) is 5.32 Å². The van der Waals surface area contributed by atoms with Gasteiger partial charge < -0.3 is 10.1 Å². The number of hydrogen-bond acceptors (Lipinski definition) is 3. The van der Waals surface area contributed by atoms with Crippen molar-refractivity contribution < 1.29 is 4.74 Å². The van der Waals surface area contributed by atoms with E-state index < -0.39 is 0 Å². The molecule has 0 fully saturated rings. The second kappa shape index (κ2) is 16.4. The molecule has 35 heavy (non-hydrogen) atoms. The van der Waals surface area contributed by atoms with E-state index in [9.17, 15) is 0 Å². The van der Waals surface area contributed by atoms with Gasteiger partial charge in [-0.2, -0.15) is 0 Å². The first kappa shape index (κ1) is 30.8. The van der Waals surface area contributed by atoms with Crippen LogP contribution in [0.4, 0.5) is 0 Å². The lowest BCUT2D eigenvalue weighted by Crippen LogP contribution is -2.22. The third kappa shape index (κ3) is 10.1. The summed E-state index contributed by atoms with van der Waals surface area (Å²) in [5, 5.41) is 3.04. The molecule has 0 radical (unpaired) electrons. The van der Waals surface area contributed by atoms with E-state index in [1.54, 1.807) is 0 Å². The van der Waals surface area contributed by atoms with Gasteiger partial charge in [0.15, 0.2) is 0 Å². The van der Waals surface area contributed by atoms with Crippen molar-refractivity contribution in [2.24, 2.45) is 11.3 Å². The number of hydrogen-bond donors (Lipinski definition) is 1. The van der Waals surface area contributed by atoms with Gasteiger partial charge in [0.05, 0.1) is 6.26 Å². The van der Waals surface area contributed by atoms with Crippen LogP contribution in [0, 0.1) is 11.3 Å². The second-order valence-corrected chi connectivity index (χ2v) is 11.0. The fraction of sp³-hybridized carbons (Fsp3) is 0.500. The van der Waals surface area contributed by atoms with Crippen LogP contribution in [0.3, 0.4) is 0 Å². The van der Waals surface area contributed by atoms with Gasteiger partial charge in [-0.3, -0.25) is 0 Å². The number of ether oxygens (including phenoxy) is 1. The second-order valence-electron chi connectivity index (χ2n) is 9.72. The highest BCUT2D eigenvalue weighted by molar-refractivity contribution is 7.12. The number of rotatable bonds is 18. The van der Waals surface area contributed by atoms with Crippen LogP contribution < -0.4 is 5.32 Å². The molecule has 1 aromatic heterocycles. The molecule has 194 valence electrons. The molecule has 2 atom stereocenters. The molecule has 3 heteroatoms. The zero-order valence-electron chi connectivity index (χ0n) is 23.2. The van der Waals surface area contributed by atoms with Crippen LogP contribution in [0.2, 0.25) is 0 Å². The SMILES string of the molecule is C=CO/C(=C\C(C=C)=C(/C)C(=C)C(C)(CCC)Cc1ccc(CCCC)s1)C(C)CC/C=C/NC. The van der Waals surface area contributed by atoms with Crippen LogP contribution in [0.25, 0.3) is 0 Å². The van der Waals surface area contributed by atoms with Gasteiger partial charge >= 0.3 is 0 Å². The number of aryl methyl sites for hydroxylation is 1. The van der Waals surface area contributed by atoms with Crippen molar-refractivity contribution in [2.45, 2.75) is 86.0 Å². The summed E-state index contributed by atoms with van der Waals surface area (Å²) >= 11 is 1.97. The maximum absolute atomic E-state index is 5.86. The molecular formula is C32H49NOS. The van der Waals surface area contributed by atoms with E-state index >= 15 is 0 Å². The van der Waals surface area contributed by atoms with Gasteiger partial charge in [0.2, 0.25) is 0 Å². The zero-order valence-corrected chi connectivity index (χ0v) is 24.0. The topological polar surface area (TPSA) is 21.3 Å². The molecule has 0 saturated heterocycles. The molecule has 2 nitrogen and oxygen atoms in total. The molecule has 2 unspecified atom stereocenters. The summed E-state index contributed by atoms with van der Waals surface area (Å²) in [6.07, 6.45) is 18.6. The maximum atomic E-state index is 5.86. The quantitative estimate of drug-likeness (QED) is 0.162. The monoisotopic (exact) mass is 495 g/mol. The van der Waals surface area contributed by atoms with Gasteiger partial charge in [-0.1, -0.05) is 72.4 Å². The highest BCUT2D eigenvalue weighted by Gasteiger charge is 2.29. The standard InChI is InChI=1S/C32H49NOS/c1-10-14-18-29-19-20-30(35-29)24-32(8,21-11-2)27(7)26(6)28(12-3)23-31(34-13-4)25(5)17-15-16-22-33-9/h12-13,16,19-20,22-23,25,33H,3-4,7,10-11,14-15,17-18,21,24H2,1-2,5-6,8-9H3/b22-16+,28-26+,31-23-. The lowest BCUT2D eigenvalue weighted by molar-refractivity contribution is 0.291. The Bertz CT molecular complexity index is 900. The predicted octanol–water partition coefficient (Wildman–Crippen LogP) is 9.69. The van der Waals surface area contributed by atoms with Gasteiger partial charge in [0.25, 0.3) is 0 Å². The lowest BCUT2D eigenvalue weighted by Gasteiger charge is -2.33. The van der Waals surface area contributed by atoms with E-state index in [4.69, 9.17) is 4.74 Å². The summed E-state index contributed by atoms with van der Waals surface area (Å²) in [5.41, 5.74) is 3.45. The lowest BCUT2D eigenvalue weighted by atomic mass is 9.72. The van der Waals surface area contributed by atoms with Crippen LogP contribution in [-0.2, 0) is 17.6 Å². The number of unbranched alkanes of at least 4 members (excludes halogenated alkanes) is 1. The fourth-order valence-electron chi connectivity index (χ4n) is 4.46. The van der Waals surface area contributed by atoms with Crippen LogP contribution >= 0.6 is 11.3 Å². The van der Waals surface area contributed by atoms with Gasteiger partial charge in [-0.15, -0.1) is 11.3 Å². The van der Waals surface area contributed by atoms with Crippen LogP contribution in [0.5, 0.6) is 0 Å². The average Bonchev–Trinajstić information content (AvgIpc) is 3.28. The minimum absolute atomic E-state index is 0.00314. The Kier molecular flexibility index (Phi) is 14.4. The summed E-state index contributed by atoms with van der Waals surface area (Å²) in [6, 6.07) is 4.64. The third-order valence-corrected chi connectivity index (χ3v) is 7.89. The van der Waals surface area contributed by atoms with Crippen molar-refractivity contribution in [3.63, 3.8) is 0 Å². The highest BCUT2D eigenvalue weighted by Crippen LogP contribution is 2.41. The van der Waals surface area contributed by atoms with E-state index in [0.717, 1.165) is 43.4 Å². The van der Waals surface area contributed by atoms with Crippen molar-refractivity contribution in [2.75, 3.05) is 7.05 Å². The van der Waals surface area contributed by atoms with Gasteiger partial charge in [-0.05, 0) is 92.0 Å². The predicted molar refractivity (Wildman–Crippen MR) is 158 cm³/mol. The maximum Gasteiger partial charge on any atom is 0.107 e. The number of allylic oxidation sites excluding steroid dienone is 7. The van der Waals surface area contributed by atoms with Crippen LogP contribution in [0.1, 0.15) is 82.9 Å². The molecule has 0 aliphatic carbocycles. The smallest absolute Gasteiger partial charge is 0.107 e. The minimum Gasteiger partial charge on any atom is -0.470 e. The summed E-state index contributed by atoms with van der Waals surface area (Å²) in [5.74, 6) is 1.18. The molecule has 0 saturated carbocycles. The molecule has 0 aromatic carbocycles. The third-order valence-electron chi connectivity index (χ3n) is 6.75. The molecule has 0 spiro atoms. The molecule has 0 bridgehead atoms. The Morgan fingerprint density at radius 1 is 1.20 bits per heavy atom. The van der Waals surface area contributed by atoms with E-state index in [2.05, 4.69) is 84.0 Å². The molecule has 0 amide bonds. The Morgan fingerprint density at radius 3 is 2.51 bits per heavy atom. The van der Waals surface area contributed by atoms with E-state index in [1.165, 1.54) is 46.4 Å². The Labute approximate surface area is 220 Å². The van der Waals surface area contributed by atoms with Crippen molar-refractivity contribution in [3.8, 4) is 0 Å². The molecule has 1 aromatic rings. The van der Waals surface area contributed by atoms with E-state index in [-0.39, 0.29) is 11.3 Å². The zero-order chi connectivity index (χ0) is 26.3. The molecule has 1 heterocycles. The van der Waals surface area contributed by atoms with E-state index in [0.29, 0.717) is 0 Å². The first-order chi connectivity index (χ1) is 16.8.